The van der Waals surface area contributed by atoms with Gasteiger partial charge in [-0.2, -0.15) is 13.2 Å². The minimum absolute atomic E-state index is 0. The van der Waals surface area contributed by atoms with Crippen LogP contribution in [0.1, 0.15) is 30.9 Å². The molecule has 0 aliphatic heterocycles. The predicted molar refractivity (Wildman–Crippen MR) is 119 cm³/mol. The highest BCUT2D eigenvalue weighted by molar-refractivity contribution is 14.0. The molecule has 1 unspecified atom stereocenters. The van der Waals surface area contributed by atoms with Crippen molar-refractivity contribution >= 4 is 29.9 Å². The van der Waals surface area contributed by atoms with Gasteiger partial charge in [-0.05, 0) is 50.6 Å². The Balaban J connectivity index is 0.00000450. The van der Waals surface area contributed by atoms with Gasteiger partial charge in [0.2, 0.25) is 0 Å². The number of hydrogen-bond acceptors (Lipinski definition) is 4. The van der Waals surface area contributed by atoms with E-state index in [4.69, 9.17) is 9.15 Å². The lowest BCUT2D eigenvalue weighted by atomic mass is 10.0. The summed E-state index contributed by atoms with van der Waals surface area (Å²) in [6.07, 6.45) is -4.39. The highest BCUT2D eigenvalue weighted by Crippen LogP contribution is 2.22. The maximum absolute atomic E-state index is 12.3. The number of rotatable bonds is 8. The van der Waals surface area contributed by atoms with Crippen molar-refractivity contribution in [3.63, 3.8) is 0 Å². The van der Waals surface area contributed by atoms with Gasteiger partial charge < -0.3 is 24.9 Å². The molecule has 0 aliphatic rings. The number of halogens is 4. The first-order valence-corrected chi connectivity index (χ1v) is 9.19. The second-order valence-corrected chi connectivity index (χ2v) is 6.78. The molecular formula is C20H27F3IN3O3. The number of hydrogen-bond donors (Lipinski definition) is 3. The largest absolute Gasteiger partial charge is 0.484 e. The summed E-state index contributed by atoms with van der Waals surface area (Å²) in [5, 5.41) is 16.7. The molecule has 0 saturated carbocycles. The summed E-state index contributed by atoms with van der Waals surface area (Å²) < 4.78 is 47.1. The first-order valence-electron chi connectivity index (χ1n) is 9.19. The molecule has 2 aromatic rings. The molecule has 2 rings (SSSR count). The van der Waals surface area contributed by atoms with E-state index >= 15 is 0 Å². The molecule has 3 N–H and O–H groups in total. The zero-order valence-electron chi connectivity index (χ0n) is 17.0. The summed E-state index contributed by atoms with van der Waals surface area (Å²) in [5.41, 5.74) is -0.550. The van der Waals surface area contributed by atoms with E-state index in [-0.39, 0.29) is 42.8 Å². The number of guanidine groups is 1. The summed E-state index contributed by atoms with van der Waals surface area (Å²) in [5.74, 6) is 1.73. The maximum Gasteiger partial charge on any atom is 0.422 e. The van der Waals surface area contributed by atoms with Crippen LogP contribution in [0.25, 0.3) is 0 Å². The molecule has 0 aliphatic carbocycles. The Kier molecular flexibility index (Phi) is 9.95. The van der Waals surface area contributed by atoms with Crippen LogP contribution in [0, 0.1) is 6.92 Å². The van der Waals surface area contributed by atoms with E-state index in [0.29, 0.717) is 29.6 Å². The molecule has 0 bridgehead atoms. The van der Waals surface area contributed by atoms with E-state index in [9.17, 15) is 18.3 Å². The number of ether oxygens (including phenoxy) is 1. The molecule has 168 valence electrons. The van der Waals surface area contributed by atoms with Crippen molar-refractivity contribution in [1.29, 1.82) is 0 Å². The summed E-state index contributed by atoms with van der Waals surface area (Å²) in [4.78, 5) is 4.41. The molecule has 30 heavy (non-hydrogen) atoms. The van der Waals surface area contributed by atoms with Crippen LogP contribution in [0.5, 0.6) is 5.75 Å². The first kappa shape index (κ1) is 26.1. The van der Waals surface area contributed by atoms with Crippen LogP contribution in [-0.4, -0.2) is 36.9 Å². The van der Waals surface area contributed by atoms with Crippen molar-refractivity contribution in [3.8, 4) is 5.75 Å². The number of aryl methyl sites for hydroxylation is 1. The van der Waals surface area contributed by atoms with Crippen molar-refractivity contribution in [2.24, 2.45) is 4.99 Å². The standard InChI is InChI=1S/C20H26F3N3O3.HI/c1-4-24-18(26-12-19(3,27)17-9-8-14(2)29-17)25-11-15-6-5-7-16(10-15)28-13-20(21,22)23;/h5-10,27H,4,11-13H2,1-3H3,(H2,24,25,26);1H. The Morgan fingerprint density at radius 2 is 1.93 bits per heavy atom. The van der Waals surface area contributed by atoms with Gasteiger partial charge in [0, 0.05) is 6.54 Å². The van der Waals surface area contributed by atoms with Gasteiger partial charge in [-0.3, -0.25) is 0 Å². The summed E-state index contributed by atoms with van der Waals surface area (Å²) in [7, 11) is 0. The molecule has 0 amide bonds. The highest BCUT2D eigenvalue weighted by Gasteiger charge is 2.28. The molecule has 6 nitrogen and oxygen atoms in total. The third-order valence-corrected chi connectivity index (χ3v) is 3.94. The van der Waals surface area contributed by atoms with Gasteiger partial charge in [0.05, 0.1) is 13.1 Å². The Morgan fingerprint density at radius 3 is 2.53 bits per heavy atom. The number of aliphatic imine (C=N–C) groups is 1. The minimum Gasteiger partial charge on any atom is -0.484 e. The van der Waals surface area contributed by atoms with Crippen molar-refractivity contribution in [2.75, 3.05) is 19.7 Å². The normalized spacial score (nSPS) is 13.9. The Morgan fingerprint density at radius 1 is 1.20 bits per heavy atom. The molecule has 0 saturated heterocycles. The van der Waals surface area contributed by atoms with E-state index in [1.54, 1.807) is 38.1 Å². The van der Waals surface area contributed by atoms with Crippen LogP contribution in [0.2, 0.25) is 0 Å². The minimum atomic E-state index is -4.39. The van der Waals surface area contributed by atoms with Gasteiger partial charge in [0.1, 0.15) is 22.9 Å². The Hall–Kier alpha value is -1.95. The smallest absolute Gasteiger partial charge is 0.422 e. The third kappa shape index (κ3) is 8.82. The number of furan rings is 1. The van der Waals surface area contributed by atoms with Crippen LogP contribution in [-0.2, 0) is 12.1 Å². The van der Waals surface area contributed by atoms with Crippen LogP contribution >= 0.6 is 24.0 Å². The topological polar surface area (TPSA) is 79.0 Å². The average Bonchev–Trinajstić information content (AvgIpc) is 3.09. The second kappa shape index (κ2) is 11.4. The van der Waals surface area contributed by atoms with Gasteiger partial charge in [0.25, 0.3) is 0 Å². The van der Waals surface area contributed by atoms with Crippen LogP contribution in [0.3, 0.4) is 0 Å². The van der Waals surface area contributed by atoms with Crippen LogP contribution < -0.4 is 15.4 Å². The van der Waals surface area contributed by atoms with Crippen molar-refractivity contribution in [1.82, 2.24) is 10.6 Å². The lowest BCUT2D eigenvalue weighted by Gasteiger charge is -2.22. The van der Waals surface area contributed by atoms with Gasteiger partial charge in [-0.15, -0.1) is 24.0 Å². The van der Waals surface area contributed by atoms with Crippen molar-refractivity contribution in [2.45, 2.75) is 39.1 Å². The van der Waals surface area contributed by atoms with Gasteiger partial charge >= 0.3 is 6.18 Å². The van der Waals surface area contributed by atoms with E-state index < -0.39 is 18.4 Å². The lowest BCUT2D eigenvalue weighted by Crippen LogP contribution is -2.44. The molecule has 1 aromatic heterocycles. The van der Waals surface area contributed by atoms with Crippen LogP contribution in [0.4, 0.5) is 13.2 Å². The Labute approximate surface area is 190 Å². The highest BCUT2D eigenvalue weighted by atomic mass is 127. The predicted octanol–water partition coefficient (Wildman–Crippen LogP) is 4.11. The van der Waals surface area contributed by atoms with Crippen LogP contribution in [0.15, 0.2) is 45.8 Å². The fourth-order valence-corrected chi connectivity index (χ4v) is 2.48. The van der Waals surface area contributed by atoms with Gasteiger partial charge in [0.15, 0.2) is 12.6 Å². The molecular weight excluding hydrogens is 514 g/mol. The van der Waals surface area contributed by atoms with E-state index in [1.807, 2.05) is 6.92 Å². The number of alkyl halides is 3. The first-order chi connectivity index (χ1) is 13.6. The summed E-state index contributed by atoms with van der Waals surface area (Å²) in [6, 6.07) is 9.83. The second-order valence-electron chi connectivity index (χ2n) is 6.78. The number of aliphatic hydroxyl groups is 1. The van der Waals surface area contributed by atoms with E-state index in [0.717, 1.165) is 0 Å². The van der Waals surface area contributed by atoms with E-state index in [2.05, 4.69) is 15.6 Å². The zero-order chi connectivity index (χ0) is 21.5. The summed E-state index contributed by atoms with van der Waals surface area (Å²) in [6.45, 7) is 4.96. The molecule has 1 atom stereocenters. The molecule has 1 aromatic carbocycles. The quantitative estimate of drug-likeness (QED) is 0.267. The fourth-order valence-electron chi connectivity index (χ4n) is 2.48. The molecule has 0 spiro atoms. The SMILES string of the molecule is CCNC(=NCc1cccc(OCC(F)(F)F)c1)NCC(C)(O)c1ccc(C)o1.I. The average molecular weight is 541 g/mol. The zero-order valence-corrected chi connectivity index (χ0v) is 19.4. The number of benzene rings is 1. The Bertz CT molecular complexity index is 823. The molecule has 10 heteroatoms. The fraction of sp³-hybridized carbons (Fsp3) is 0.450. The lowest BCUT2D eigenvalue weighted by molar-refractivity contribution is -0.153. The molecule has 1 heterocycles. The number of nitrogens with one attached hydrogen (secondary N) is 2. The monoisotopic (exact) mass is 541 g/mol. The number of nitrogens with zero attached hydrogens (tertiary/aromatic N) is 1. The van der Waals surface area contributed by atoms with Gasteiger partial charge in [-0.25, -0.2) is 4.99 Å². The van der Waals surface area contributed by atoms with E-state index in [1.165, 1.54) is 12.1 Å². The van der Waals surface area contributed by atoms with Crippen molar-refractivity contribution in [3.05, 3.63) is 53.5 Å². The van der Waals surface area contributed by atoms with Crippen molar-refractivity contribution < 1.29 is 27.4 Å². The molecule has 0 radical (unpaired) electrons. The maximum atomic E-state index is 12.3. The van der Waals surface area contributed by atoms with Gasteiger partial charge in [-0.1, -0.05) is 12.1 Å². The third-order valence-electron chi connectivity index (χ3n) is 3.94. The summed E-state index contributed by atoms with van der Waals surface area (Å²) >= 11 is 0. The molecule has 0 fully saturated rings.